The van der Waals surface area contributed by atoms with Gasteiger partial charge in [-0.3, -0.25) is 20.0 Å². The van der Waals surface area contributed by atoms with Gasteiger partial charge in [0.2, 0.25) is 5.91 Å². The molecular formula is C17H13N7O2S. The molecule has 27 heavy (non-hydrogen) atoms. The molecule has 0 fully saturated rings. The van der Waals surface area contributed by atoms with Crippen molar-refractivity contribution >= 4 is 45.7 Å². The van der Waals surface area contributed by atoms with Crippen LogP contribution in [0.2, 0.25) is 0 Å². The van der Waals surface area contributed by atoms with Crippen LogP contribution in [-0.2, 0) is 4.79 Å². The number of aromatic nitrogens is 2. The topological polar surface area (TPSA) is 160 Å². The zero-order valence-corrected chi connectivity index (χ0v) is 14.6. The Morgan fingerprint density at radius 3 is 2.74 bits per heavy atom. The molecule has 7 N–H and O–H groups in total. The molecule has 0 saturated carbocycles. The number of nitrogens with one attached hydrogen (secondary N) is 3. The molecule has 4 heterocycles. The van der Waals surface area contributed by atoms with Crippen molar-refractivity contribution in [2.45, 2.75) is 0 Å². The molecule has 9 nitrogen and oxygen atoms in total. The number of primary amides is 1. The predicted octanol–water partition coefficient (Wildman–Crippen LogP) is 1.02. The average molecular weight is 379 g/mol. The van der Waals surface area contributed by atoms with Gasteiger partial charge in [-0.1, -0.05) is 11.8 Å². The van der Waals surface area contributed by atoms with Gasteiger partial charge in [-0.2, -0.15) is 0 Å². The van der Waals surface area contributed by atoms with E-state index in [2.05, 4.69) is 20.6 Å². The maximum atomic E-state index is 12.6. The standard InChI is InChI=1S/C17H13N7O2S/c18-11-2-1-7(4-21-11)10-6-23-17(27-10)12-13(19)14-9(24-16(12)26)3-8(5-22-14)15(20)25/h1-6,19,23H,(H2,18,21)(H2,20,25)(H,24,26)/b17-12-,19-13?. The summed E-state index contributed by atoms with van der Waals surface area (Å²) in [5, 5.41) is 14.6. The highest BCUT2D eigenvalue weighted by molar-refractivity contribution is 8.12. The van der Waals surface area contributed by atoms with Crippen LogP contribution in [0.1, 0.15) is 21.6 Å². The molecule has 2 aromatic rings. The molecule has 0 spiro atoms. The maximum Gasteiger partial charge on any atom is 0.260 e. The zero-order chi connectivity index (χ0) is 19.1. The Kier molecular flexibility index (Phi) is 3.89. The number of anilines is 2. The summed E-state index contributed by atoms with van der Waals surface area (Å²) in [6.45, 7) is 0. The van der Waals surface area contributed by atoms with Crippen molar-refractivity contribution in [3.8, 4) is 0 Å². The SMILES string of the molecule is N=C1/C(=C2\NC=C(c3ccc(N)nc3)S2)C(=O)Nc2cc(C(N)=O)cnc21. The van der Waals surface area contributed by atoms with Crippen LogP contribution in [0.3, 0.4) is 0 Å². The number of rotatable bonds is 2. The molecule has 10 heteroatoms. The molecule has 134 valence electrons. The number of thioether (sulfide) groups is 1. The summed E-state index contributed by atoms with van der Waals surface area (Å²) in [4.78, 5) is 32.9. The first kappa shape index (κ1) is 16.8. The van der Waals surface area contributed by atoms with Crippen molar-refractivity contribution in [1.29, 1.82) is 5.41 Å². The summed E-state index contributed by atoms with van der Waals surface area (Å²) in [7, 11) is 0. The fourth-order valence-corrected chi connectivity index (χ4v) is 3.63. The average Bonchev–Trinajstić information content (AvgIpc) is 3.11. The Hall–Kier alpha value is -3.66. The Balaban J connectivity index is 1.67. The molecule has 2 aliphatic heterocycles. The van der Waals surface area contributed by atoms with Crippen molar-refractivity contribution in [2.75, 3.05) is 11.1 Å². The van der Waals surface area contributed by atoms with Gasteiger partial charge in [-0.15, -0.1) is 0 Å². The van der Waals surface area contributed by atoms with Crippen molar-refractivity contribution in [1.82, 2.24) is 15.3 Å². The third-order valence-corrected chi connectivity index (χ3v) is 5.08. The predicted molar refractivity (Wildman–Crippen MR) is 103 cm³/mol. The van der Waals surface area contributed by atoms with Gasteiger partial charge in [-0.05, 0) is 18.2 Å². The number of carbonyl (C=O) groups is 2. The second kappa shape index (κ2) is 6.25. The molecule has 0 aromatic carbocycles. The van der Waals surface area contributed by atoms with Crippen LogP contribution in [0, 0.1) is 5.41 Å². The Morgan fingerprint density at radius 2 is 2.04 bits per heavy atom. The number of nitrogen functional groups attached to an aromatic ring is 1. The highest BCUT2D eigenvalue weighted by Crippen LogP contribution is 2.40. The highest BCUT2D eigenvalue weighted by Gasteiger charge is 2.32. The Labute approximate surface area is 157 Å². The molecule has 2 aromatic heterocycles. The van der Waals surface area contributed by atoms with Crippen LogP contribution in [0.25, 0.3) is 4.91 Å². The fourth-order valence-electron chi connectivity index (χ4n) is 2.64. The molecule has 2 amide bonds. The maximum absolute atomic E-state index is 12.6. The van der Waals surface area contributed by atoms with Crippen LogP contribution in [0.5, 0.6) is 0 Å². The third kappa shape index (κ3) is 2.91. The quantitative estimate of drug-likeness (QED) is 0.487. The molecule has 0 atom stereocenters. The summed E-state index contributed by atoms with van der Waals surface area (Å²) in [5.41, 5.74) is 12.5. The molecule has 2 aliphatic rings. The van der Waals surface area contributed by atoms with Crippen LogP contribution in [-0.4, -0.2) is 27.5 Å². The van der Waals surface area contributed by atoms with E-state index in [0.717, 1.165) is 10.5 Å². The van der Waals surface area contributed by atoms with E-state index in [9.17, 15) is 9.59 Å². The second-order valence-electron chi connectivity index (χ2n) is 5.74. The van der Waals surface area contributed by atoms with Gasteiger partial charge in [0.15, 0.2) is 0 Å². The first-order valence-electron chi connectivity index (χ1n) is 7.75. The molecular weight excluding hydrogens is 366 g/mol. The lowest BCUT2D eigenvalue weighted by molar-refractivity contribution is -0.112. The number of hydrogen-bond donors (Lipinski definition) is 5. The highest BCUT2D eigenvalue weighted by atomic mass is 32.2. The molecule has 0 aliphatic carbocycles. The van der Waals surface area contributed by atoms with Crippen molar-refractivity contribution < 1.29 is 9.59 Å². The summed E-state index contributed by atoms with van der Waals surface area (Å²) in [6.07, 6.45) is 4.66. The van der Waals surface area contributed by atoms with E-state index >= 15 is 0 Å². The third-order valence-electron chi connectivity index (χ3n) is 3.98. The lowest BCUT2D eigenvalue weighted by Gasteiger charge is -2.21. The number of nitrogens with zero attached hydrogens (tertiary/aromatic N) is 2. The number of amides is 2. The van der Waals surface area contributed by atoms with Crippen molar-refractivity contribution in [2.24, 2.45) is 5.73 Å². The molecule has 0 bridgehead atoms. The van der Waals surface area contributed by atoms with E-state index < -0.39 is 11.8 Å². The van der Waals surface area contributed by atoms with Gasteiger partial charge < -0.3 is 22.1 Å². The molecule has 0 unspecified atom stereocenters. The smallest absolute Gasteiger partial charge is 0.260 e. The zero-order valence-electron chi connectivity index (χ0n) is 13.7. The van der Waals surface area contributed by atoms with Crippen molar-refractivity contribution in [3.63, 3.8) is 0 Å². The Bertz CT molecular complexity index is 1070. The minimum Gasteiger partial charge on any atom is -0.384 e. The van der Waals surface area contributed by atoms with Gasteiger partial charge in [0.1, 0.15) is 11.5 Å². The molecule has 0 radical (unpaired) electrons. The molecule has 4 rings (SSSR count). The van der Waals surface area contributed by atoms with Crippen LogP contribution in [0.4, 0.5) is 11.5 Å². The normalized spacial score (nSPS) is 18.4. The monoisotopic (exact) mass is 379 g/mol. The van der Waals surface area contributed by atoms with E-state index in [0.29, 0.717) is 10.8 Å². The fraction of sp³-hybridized carbons (Fsp3) is 0. The van der Waals surface area contributed by atoms with Gasteiger partial charge >= 0.3 is 0 Å². The first-order chi connectivity index (χ1) is 12.9. The van der Waals surface area contributed by atoms with E-state index in [-0.39, 0.29) is 28.2 Å². The lowest BCUT2D eigenvalue weighted by Crippen LogP contribution is -2.31. The minimum absolute atomic E-state index is 0.0372. The summed E-state index contributed by atoms with van der Waals surface area (Å²) in [5.74, 6) is -0.703. The van der Waals surface area contributed by atoms with Crippen LogP contribution in [0.15, 0.2) is 47.4 Å². The van der Waals surface area contributed by atoms with Gasteiger partial charge in [0, 0.05) is 29.1 Å². The largest absolute Gasteiger partial charge is 0.384 e. The summed E-state index contributed by atoms with van der Waals surface area (Å²) >= 11 is 1.31. The van der Waals surface area contributed by atoms with Gasteiger partial charge in [-0.25, -0.2) is 4.98 Å². The van der Waals surface area contributed by atoms with Gasteiger partial charge in [0.25, 0.3) is 5.91 Å². The number of pyridine rings is 2. The van der Waals surface area contributed by atoms with E-state index in [1.807, 2.05) is 6.07 Å². The van der Waals surface area contributed by atoms with E-state index in [1.54, 1.807) is 18.5 Å². The van der Waals surface area contributed by atoms with E-state index in [1.165, 1.54) is 24.0 Å². The number of nitrogens with two attached hydrogens (primary N) is 2. The number of carbonyl (C=O) groups excluding carboxylic acids is 2. The molecule has 0 saturated heterocycles. The number of hydrogen-bond acceptors (Lipinski definition) is 8. The van der Waals surface area contributed by atoms with E-state index in [4.69, 9.17) is 16.9 Å². The first-order valence-corrected chi connectivity index (χ1v) is 8.57. The summed E-state index contributed by atoms with van der Waals surface area (Å²) in [6, 6.07) is 4.93. The van der Waals surface area contributed by atoms with Crippen LogP contribution < -0.4 is 22.1 Å². The summed E-state index contributed by atoms with van der Waals surface area (Å²) < 4.78 is 0. The van der Waals surface area contributed by atoms with Gasteiger partial charge in [0.05, 0.1) is 27.6 Å². The minimum atomic E-state index is -0.658. The lowest BCUT2D eigenvalue weighted by atomic mass is 10.0. The van der Waals surface area contributed by atoms with Crippen LogP contribution >= 0.6 is 11.8 Å². The second-order valence-corrected chi connectivity index (χ2v) is 6.80. The Morgan fingerprint density at radius 1 is 1.22 bits per heavy atom. The number of fused-ring (bicyclic) bond motifs is 1. The van der Waals surface area contributed by atoms with Crippen molar-refractivity contribution in [3.05, 3.63) is 64.2 Å².